The van der Waals surface area contributed by atoms with Crippen LogP contribution in [0.4, 0.5) is 0 Å². The lowest BCUT2D eigenvalue weighted by molar-refractivity contribution is -0.127. The second-order valence-electron chi connectivity index (χ2n) is 6.61. The van der Waals surface area contributed by atoms with Crippen LogP contribution in [0.3, 0.4) is 0 Å². The lowest BCUT2D eigenvalue weighted by Crippen LogP contribution is -2.30. The van der Waals surface area contributed by atoms with Crippen LogP contribution < -0.4 is 10.3 Å². The van der Waals surface area contributed by atoms with Gasteiger partial charge in [0, 0.05) is 18.7 Å². The van der Waals surface area contributed by atoms with Gasteiger partial charge in [0.25, 0.3) is 5.56 Å². The summed E-state index contributed by atoms with van der Waals surface area (Å²) in [5, 5.41) is 2.44. The van der Waals surface area contributed by atoms with Gasteiger partial charge in [-0.25, -0.2) is 4.98 Å². The average molecular weight is 416 g/mol. The molecule has 0 saturated carbocycles. The van der Waals surface area contributed by atoms with Gasteiger partial charge in [0.15, 0.2) is 5.16 Å². The molecule has 0 bridgehead atoms. The van der Waals surface area contributed by atoms with Crippen molar-refractivity contribution in [1.82, 2.24) is 14.5 Å². The lowest BCUT2D eigenvalue weighted by atomic mass is 10.2. The van der Waals surface area contributed by atoms with Gasteiger partial charge in [-0.2, -0.15) is 0 Å². The number of benzene rings is 1. The highest BCUT2D eigenvalue weighted by atomic mass is 32.2. The Kier molecular flexibility index (Phi) is 5.68. The van der Waals surface area contributed by atoms with Gasteiger partial charge in [-0.15, -0.1) is 11.3 Å². The van der Waals surface area contributed by atoms with Crippen molar-refractivity contribution in [3.8, 4) is 5.75 Å². The maximum atomic E-state index is 13.1. The van der Waals surface area contributed by atoms with Crippen LogP contribution in [0.2, 0.25) is 0 Å². The largest absolute Gasteiger partial charge is 0.496 e. The molecule has 1 aromatic carbocycles. The molecule has 146 valence electrons. The highest BCUT2D eigenvalue weighted by molar-refractivity contribution is 7.99. The van der Waals surface area contributed by atoms with Gasteiger partial charge in [-0.3, -0.25) is 14.2 Å². The molecule has 28 heavy (non-hydrogen) atoms. The maximum absolute atomic E-state index is 13.1. The molecule has 3 heterocycles. The average Bonchev–Trinajstić information content (AvgIpc) is 3.41. The first-order valence-corrected chi connectivity index (χ1v) is 11.0. The third-order valence-electron chi connectivity index (χ3n) is 4.84. The van der Waals surface area contributed by atoms with E-state index in [-0.39, 0.29) is 17.2 Å². The van der Waals surface area contributed by atoms with Crippen LogP contribution in [-0.4, -0.2) is 46.3 Å². The number of amides is 1. The molecule has 6 nitrogen and oxygen atoms in total. The van der Waals surface area contributed by atoms with E-state index < -0.39 is 0 Å². The van der Waals surface area contributed by atoms with Crippen molar-refractivity contribution in [3.63, 3.8) is 0 Å². The zero-order valence-electron chi connectivity index (χ0n) is 15.6. The Morgan fingerprint density at radius 2 is 2.04 bits per heavy atom. The summed E-state index contributed by atoms with van der Waals surface area (Å²) in [5.41, 5.74) is 1.50. The molecule has 0 atom stereocenters. The number of ether oxygens (including phenoxy) is 1. The number of nitrogens with zero attached hydrogens (tertiary/aromatic N) is 3. The standard InChI is InChI=1S/C20H21N3O3S2/c1-26-16-7-3-2-6-14(16)12-23-19(25)18-15(8-11-27-18)21-20(23)28-13-17(24)22-9-4-5-10-22/h2-3,6-8,11H,4-5,9-10,12-13H2,1H3. The number of carbonyl (C=O) groups excluding carboxylic acids is 1. The molecule has 0 radical (unpaired) electrons. The van der Waals surface area contributed by atoms with Crippen molar-refractivity contribution in [2.24, 2.45) is 0 Å². The van der Waals surface area contributed by atoms with E-state index >= 15 is 0 Å². The fourth-order valence-electron chi connectivity index (χ4n) is 3.36. The van der Waals surface area contributed by atoms with Crippen LogP contribution in [-0.2, 0) is 11.3 Å². The Balaban J connectivity index is 1.67. The van der Waals surface area contributed by atoms with E-state index in [0.29, 0.717) is 21.9 Å². The second-order valence-corrected chi connectivity index (χ2v) is 8.47. The first kappa shape index (κ1) is 19.0. The highest BCUT2D eigenvalue weighted by Crippen LogP contribution is 2.25. The van der Waals surface area contributed by atoms with Crippen molar-refractivity contribution >= 4 is 39.2 Å². The molecule has 4 rings (SSSR count). The summed E-state index contributed by atoms with van der Waals surface area (Å²) in [6.45, 7) is 2.00. The molecule has 3 aromatic rings. The summed E-state index contributed by atoms with van der Waals surface area (Å²) in [6, 6.07) is 9.48. The Bertz CT molecular complexity index is 1050. The van der Waals surface area contributed by atoms with E-state index in [9.17, 15) is 9.59 Å². The van der Waals surface area contributed by atoms with Crippen molar-refractivity contribution in [2.75, 3.05) is 26.0 Å². The van der Waals surface area contributed by atoms with Crippen LogP contribution >= 0.6 is 23.1 Å². The number of carbonyl (C=O) groups is 1. The fourth-order valence-corrected chi connectivity index (χ4v) is 5.04. The molecule has 1 saturated heterocycles. The molecule has 2 aromatic heterocycles. The molecule has 0 unspecified atom stereocenters. The van der Waals surface area contributed by atoms with Crippen molar-refractivity contribution < 1.29 is 9.53 Å². The number of thiophene rings is 1. The first-order valence-electron chi connectivity index (χ1n) is 9.18. The molecular weight excluding hydrogens is 394 g/mol. The van der Waals surface area contributed by atoms with E-state index in [1.54, 1.807) is 11.7 Å². The molecule has 1 fully saturated rings. The van der Waals surface area contributed by atoms with Gasteiger partial charge >= 0.3 is 0 Å². The zero-order valence-corrected chi connectivity index (χ0v) is 17.2. The van der Waals surface area contributed by atoms with Crippen LogP contribution in [0.5, 0.6) is 5.75 Å². The Hall–Kier alpha value is -2.32. The number of methoxy groups -OCH3 is 1. The fraction of sp³-hybridized carbons (Fsp3) is 0.350. The summed E-state index contributed by atoms with van der Waals surface area (Å²) < 4.78 is 7.72. The minimum atomic E-state index is -0.0815. The van der Waals surface area contributed by atoms with Crippen molar-refractivity contribution in [3.05, 3.63) is 51.6 Å². The van der Waals surface area contributed by atoms with Gasteiger partial charge in [0.05, 0.1) is 24.9 Å². The number of hydrogen-bond acceptors (Lipinski definition) is 6. The Morgan fingerprint density at radius 3 is 2.82 bits per heavy atom. The quantitative estimate of drug-likeness (QED) is 0.457. The molecular formula is C20H21N3O3S2. The van der Waals surface area contributed by atoms with Crippen LogP contribution in [0.1, 0.15) is 18.4 Å². The first-order chi connectivity index (χ1) is 13.7. The summed E-state index contributed by atoms with van der Waals surface area (Å²) in [7, 11) is 1.62. The van der Waals surface area contributed by atoms with Gasteiger partial charge in [-0.1, -0.05) is 30.0 Å². The Labute approximate surface area is 171 Å². The minimum Gasteiger partial charge on any atom is -0.496 e. The number of aromatic nitrogens is 2. The molecule has 0 N–H and O–H groups in total. The maximum Gasteiger partial charge on any atom is 0.272 e. The van der Waals surface area contributed by atoms with E-state index in [4.69, 9.17) is 4.74 Å². The molecule has 0 spiro atoms. The predicted molar refractivity (Wildman–Crippen MR) is 113 cm³/mol. The number of rotatable bonds is 6. The molecule has 1 aliphatic heterocycles. The zero-order chi connectivity index (χ0) is 19.5. The topological polar surface area (TPSA) is 64.4 Å². The monoisotopic (exact) mass is 415 g/mol. The third kappa shape index (κ3) is 3.79. The predicted octanol–water partition coefficient (Wildman–Crippen LogP) is 3.23. The summed E-state index contributed by atoms with van der Waals surface area (Å²) >= 11 is 2.72. The highest BCUT2D eigenvalue weighted by Gasteiger charge is 2.20. The number of likely N-dealkylation sites (tertiary alicyclic amines) is 1. The van der Waals surface area contributed by atoms with Crippen molar-refractivity contribution in [2.45, 2.75) is 24.5 Å². The van der Waals surface area contributed by atoms with Crippen LogP contribution in [0, 0.1) is 0 Å². The SMILES string of the molecule is COc1ccccc1Cn1c(SCC(=O)N2CCCC2)nc2ccsc2c1=O. The molecule has 1 amide bonds. The van der Waals surface area contributed by atoms with Crippen LogP contribution in [0.25, 0.3) is 10.2 Å². The minimum absolute atomic E-state index is 0.0815. The second kappa shape index (κ2) is 8.36. The van der Waals surface area contributed by atoms with E-state index in [1.165, 1.54) is 23.1 Å². The number of para-hydroxylation sites is 1. The van der Waals surface area contributed by atoms with Crippen molar-refractivity contribution in [1.29, 1.82) is 0 Å². The van der Waals surface area contributed by atoms with Gasteiger partial charge in [-0.05, 0) is 30.4 Å². The molecule has 8 heteroatoms. The summed E-state index contributed by atoms with van der Waals surface area (Å²) in [4.78, 5) is 32.1. The van der Waals surface area contributed by atoms with E-state index in [1.807, 2.05) is 40.6 Å². The van der Waals surface area contributed by atoms with Gasteiger partial charge < -0.3 is 9.64 Å². The Morgan fingerprint density at radius 1 is 1.25 bits per heavy atom. The smallest absolute Gasteiger partial charge is 0.272 e. The van der Waals surface area contributed by atoms with E-state index in [2.05, 4.69) is 4.98 Å². The number of fused-ring (bicyclic) bond motifs is 1. The summed E-state index contributed by atoms with van der Waals surface area (Å²) in [5.74, 6) is 1.12. The molecule has 1 aliphatic rings. The van der Waals surface area contributed by atoms with Crippen LogP contribution in [0.15, 0.2) is 45.7 Å². The lowest BCUT2D eigenvalue weighted by Gasteiger charge is -2.16. The number of hydrogen-bond donors (Lipinski definition) is 0. The summed E-state index contributed by atoms with van der Waals surface area (Å²) in [6.07, 6.45) is 2.13. The van der Waals surface area contributed by atoms with Gasteiger partial charge in [0.2, 0.25) is 5.91 Å². The normalized spacial score (nSPS) is 14.0. The molecule has 0 aliphatic carbocycles. The number of thioether (sulfide) groups is 1. The third-order valence-corrected chi connectivity index (χ3v) is 6.69. The van der Waals surface area contributed by atoms with E-state index in [0.717, 1.165) is 37.2 Å². The van der Waals surface area contributed by atoms with Gasteiger partial charge in [0.1, 0.15) is 10.4 Å².